The molecule has 0 radical (unpaired) electrons. The fourth-order valence-corrected chi connectivity index (χ4v) is 3.13. The molecule has 0 saturated heterocycles. The van der Waals surface area contributed by atoms with Gasteiger partial charge in [0.15, 0.2) is 0 Å². The third kappa shape index (κ3) is 3.51. The summed E-state index contributed by atoms with van der Waals surface area (Å²) in [7, 11) is 0. The molecule has 3 aromatic carbocycles. The average Bonchev–Trinajstić information content (AvgIpc) is 2.71. The first-order valence-corrected chi connectivity index (χ1v) is 8.75. The van der Waals surface area contributed by atoms with Crippen LogP contribution in [0.25, 0.3) is 10.8 Å². The van der Waals surface area contributed by atoms with Gasteiger partial charge in [-0.2, -0.15) is 0 Å². The van der Waals surface area contributed by atoms with Crippen molar-refractivity contribution in [1.82, 2.24) is 4.57 Å². The zero-order valence-corrected chi connectivity index (χ0v) is 14.6. The third-order valence-corrected chi connectivity index (χ3v) is 4.47. The Hall–Kier alpha value is -3.66. The molecule has 1 N–H and O–H groups in total. The lowest BCUT2D eigenvalue weighted by atomic mass is 10.1. The predicted octanol–water partition coefficient (Wildman–Crippen LogP) is 4.30. The molecule has 4 heteroatoms. The van der Waals surface area contributed by atoms with E-state index in [1.165, 1.54) is 4.57 Å². The van der Waals surface area contributed by atoms with Crippen molar-refractivity contribution >= 4 is 22.4 Å². The Morgan fingerprint density at radius 3 is 2.19 bits per heavy atom. The van der Waals surface area contributed by atoms with Crippen molar-refractivity contribution in [3.63, 3.8) is 0 Å². The Bertz CT molecular complexity index is 1150. The molecule has 0 saturated carbocycles. The number of fused-ring (bicyclic) bond motifs is 1. The van der Waals surface area contributed by atoms with E-state index >= 15 is 0 Å². The van der Waals surface area contributed by atoms with Gasteiger partial charge in [0.25, 0.3) is 11.5 Å². The quantitative estimate of drug-likeness (QED) is 0.594. The summed E-state index contributed by atoms with van der Waals surface area (Å²) >= 11 is 0. The Morgan fingerprint density at radius 2 is 1.44 bits per heavy atom. The van der Waals surface area contributed by atoms with Crippen molar-refractivity contribution in [2.75, 3.05) is 5.32 Å². The number of nitrogens with zero attached hydrogens (tertiary/aromatic N) is 1. The third-order valence-electron chi connectivity index (χ3n) is 4.47. The monoisotopic (exact) mass is 354 g/mol. The van der Waals surface area contributed by atoms with Crippen LogP contribution < -0.4 is 10.9 Å². The highest BCUT2D eigenvalue weighted by Gasteiger charge is 2.16. The number of hydrogen-bond acceptors (Lipinski definition) is 2. The summed E-state index contributed by atoms with van der Waals surface area (Å²) in [5.41, 5.74) is 1.82. The molecule has 27 heavy (non-hydrogen) atoms. The lowest BCUT2D eigenvalue weighted by Gasteiger charge is -2.15. The molecule has 0 fully saturated rings. The molecule has 1 aromatic heterocycles. The first-order chi connectivity index (χ1) is 13.2. The number of para-hydroxylation sites is 1. The number of carbonyl (C=O) groups excluding carboxylic acids is 1. The SMILES string of the molecule is O=C(Nc1ccccc1)c1cc2ccccc2c(=O)n1Cc1ccccc1. The number of rotatable bonds is 4. The summed E-state index contributed by atoms with van der Waals surface area (Å²) < 4.78 is 1.54. The molecule has 1 heterocycles. The second-order valence-electron chi connectivity index (χ2n) is 6.31. The maximum atomic E-state index is 13.1. The summed E-state index contributed by atoms with van der Waals surface area (Å²) in [6, 6.07) is 28.0. The van der Waals surface area contributed by atoms with E-state index in [-0.39, 0.29) is 11.5 Å². The van der Waals surface area contributed by atoms with E-state index in [2.05, 4.69) is 5.32 Å². The van der Waals surface area contributed by atoms with Crippen molar-refractivity contribution in [3.8, 4) is 0 Å². The van der Waals surface area contributed by atoms with Gasteiger partial charge >= 0.3 is 0 Å². The van der Waals surface area contributed by atoms with E-state index in [4.69, 9.17) is 0 Å². The van der Waals surface area contributed by atoms with Gasteiger partial charge in [-0.15, -0.1) is 0 Å². The first-order valence-electron chi connectivity index (χ1n) is 8.75. The molecule has 0 aliphatic carbocycles. The first kappa shape index (κ1) is 16.8. The van der Waals surface area contributed by atoms with Gasteiger partial charge < -0.3 is 5.32 Å². The van der Waals surface area contributed by atoms with Crippen molar-refractivity contribution in [2.24, 2.45) is 0 Å². The van der Waals surface area contributed by atoms with Crippen molar-refractivity contribution < 1.29 is 4.79 Å². The number of pyridine rings is 1. The molecule has 0 bridgehead atoms. The molecule has 4 nitrogen and oxygen atoms in total. The number of carbonyl (C=O) groups is 1. The van der Waals surface area contributed by atoms with Crippen LogP contribution in [0.3, 0.4) is 0 Å². The minimum absolute atomic E-state index is 0.171. The molecular formula is C23H18N2O2. The van der Waals surface area contributed by atoms with Gasteiger partial charge in [0, 0.05) is 11.1 Å². The fourth-order valence-electron chi connectivity index (χ4n) is 3.13. The molecule has 1 amide bonds. The van der Waals surface area contributed by atoms with E-state index in [1.54, 1.807) is 12.1 Å². The molecule has 4 aromatic rings. The van der Waals surface area contributed by atoms with Crippen LogP contribution in [0.1, 0.15) is 16.1 Å². The summed E-state index contributed by atoms with van der Waals surface area (Å²) in [4.78, 5) is 26.0. The summed E-state index contributed by atoms with van der Waals surface area (Å²) in [5.74, 6) is -0.306. The molecule has 132 valence electrons. The Labute approximate surface area is 156 Å². The van der Waals surface area contributed by atoms with E-state index in [0.717, 1.165) is 10.9 Å². The molecular weight excluding hydrogens is 336 g/mol. The maximum Gasteiger partial charge on any atom is 0.272 e. The number of hydrogen-bond donors (Lipinski definition) is 1. The maximum absolute atomic E-state index is 13.1. The van der Waals surface area contributed by atoms with Crippen molar-refractivity contribution in [1.29, 1.82) is 0 Å². The predicted molar refractivity (Wildman–Crippen MR) is 108 cm³/mol. The Kier molecular flexibility index (Phi) is 4.54. The summed E-state index contributed by atoms with van der Waals surface area (Å²) in [6.45, 7) is 0.335. The normalized spacial score (nSPS) is 10.7. The highest BCUT2D eigenvalue weighted by Crippen LogP contribution is 2.15. The zero-order chi connectivity index (χ0) is 18.6. The largest absolute Gasteiger partial charge is 0.321 e. The van der Waals surface area contributed by atoms with Crippen LogP contribution in [0.2, 0.25) is 0 Å². The summed E-state index contributed by atoms with van der Waals surface area (Å²) in [6.07, 6.45) is 0. The van der Waals surface area contributed by atoms with E-state index in [1.807, 2.05) is 78.9 Å². The van der Waals surface area contributed by atoms with Gasteiger partial charge in [-0.25, -0.2) is 0 Å². The standard InChI is InChI=1S/C23H18N2O2/c26-22(24-19-12-5-2-6-13-19)21-15-18-11-7-8-14-20(18)23(27)25(21)16-17-9-3-1-4-10-17/h1-15H,16H2,(H,24,26). The number of aromatic nitrogens is 1. The van der Waals surface area contributed by atoms with E-state index in [0.29, 0.717) is 23.3 Å². The van der Waals surface area contributed by atoms with Crippen LogP contribution in [0.15, 0.2) is 95.8 Å². The topological polar surface area (TPSA) is 51.1 Å². The average molecular weight is 354 g/mol. The van der Waals surface area contributed by atoms with Gasteiger partial charge in [0.05, 0.1) is 6.54 Å². The molecule has 0 aliphatic heterocycles. The second-order valence-corrected chi connectivity index (χ2v) is 6.31. The van der Waals surface area contributed by atoms with Gasteiger partial charge in [-0.05, 0) is 35.2 Å². The molecule has 0 aliphatic rings. The van der Waals surface area contributed by atoms with Crippen LogP contribution in [-0.4, -0.2) is 10.5 Å². The van der Waals surface area contributed by atoms with E-state index < -0.39 is 0 Å². The number of anilines is 1. The zero-order valence-electron chi connectivity index (χ0n) is 14.6. The van der Waals surface area contributed by atoms with Crippen LogP contribution in [0, 0.1) is 0 Å². The Morgan fingerprint density at radius 1 is 0.815 bits per heavy atom. The lowest BCUT2D eigenvalue weighted by Crippen LogP contribution is -2.29. The number of benzene rings is 3. The molecule has 0 spiro atoms. The smallest absolute Gasteiger partial charge is 0.272 e. The van der Waals surface area contributed by atoms with Crippen LogP contribution in [0.5, 0.6) is 0 Å². The van der Waals surface area contributed by atoms with Gasteiger partial charge in [-0.3, -0.25) is 14.2 Å². The lowest BCUT2D eigenvalue weighted by molar-refractivity contribution is 0.101. The molecule has 0 unspecified atom stereocenters. The van der Waals surface area contributed by atoms with Gasteiger partial charge in [0.2, 0.25) is 0 Å². The second kappa shape index (κ2) is 7.30. The van der Waals surface area contributed by atoms with Gasteiger partial charge in [0.1, 0.15) is 5.69 Å². The summed E-state index contributed by atoms with van der Waals surface area (Å²) in [5, 5.41) is 4.23. The highest BCUT2D eigenvalue weighted by molar-refractivity contribution is 6.05. The highest BCUT2D eigenvalue weighted by atomic mass is 16.2. The minimum atomic E-state index is -0.306. The fraction of sp³-hybridized carbons (Fsp3) is 0.0435. The molecule has 4 rings (SSSR count). The van der Waals surface area contributed by atoms with E-state index in [9.17, 15) is 9.59 Å². The van der Waals surface area contributed by atoms with Gasteiger partial charge in [-0.1, -0.05) is 66.7 Å². The van der Waals surface area contributed by atoms with Crippen LogP contribution in [-0.2, 0) is 6.54 Å². The Balaban J connectivity index is 1.83. The number of amides is 1. The van der Waals surface area contributed by atoms with Crippen LogP contribution in [0.4, 0.5) is 5.69 Å². The van der Waals surface area contributed by atoms with Crippen molar-refractivity contribution in [2.45, 2.75) is 6.54 Å². The molecule has 0 atom stereocenters. The van der Waals surface area contributed by atoms with Crippen molar-refractivity contribution in [3.05, 3.63) is 113 Å². The minimum Gasteiger partial charge on any atom is -0.321 e. The van der Waals surface area contributed by atoms with Crippen LogP contribution >= 0.6 is 0 Å². The number of nitrogens with one attached hydrogen (secondary N) is 1.